The van der Waals surface area contributed by atoms with Crippen molar-refractivity contribution in [1.82, 2.24) is 14.9 Å². The SMILES string of the molecule is Cc1sc2nc(CN3CCOCC3(C)C)nc(Cl)c2c1C. The van der Waals surface area contributed by atoms with Gasteiger partial charge in [-0.2, -0.15) is 0 Å². The van der Waals surface area contributed by atoms with Gasteiger partial charge in [0.1, 0.15) is 15.8 Å². The molecule has 4 nitrogen and oxygen atoms in total. The minimum Gasteiger partial charge on any atom is -0.378 e. The van der Waals surface area contributed by atoms with Crippen molar-refractivity contribution < 1.29 is 4.74 Å². The number of thiophene rings is 1. The molecule has 1 aliphatic heterocycles. The number of ether oxygens (including phenoxy) is 1. The molecular formula is C15H20ClN3OS. The standard InChI is InChI=1S/C15H20ClN3OS/c1-9-10(2)21-14-12(9)13(16)17-11(18-14)7-19-5-6-20-8-15(19,3)4/h5-8H2,1-4H3. The second-order valence-corrected chi connectivity index (χ2v) is 7.74. The first-order valence-electron chi connectivity index (χ1n) is 7.13. The van der Waals surface area contributed by atoms with Gasteiger partial charge in [0, 0.05) is 17.0 Å². The Morgan fingerprint density at radius 3 is 2.81 bits per heavy atom. The Hall–Kier alpha value is -0.750. The van der Waals surface area contributed by atoms with Crippen molar-refractivity contribution in [3.63, 3.8) is 0 Å². The highest BCUT2D eigenvalue weighted by molar-refractivity contribution is 7.18. The molecule has 0 amide bonds. The lowest BCUT2D eigenvalue weighted by atomic mass is 10.0. The summed E-state index contributed by atoms with van der Waals surface area (Å²) in [5.74, 6) is 0.795. The minimum absolute atomic E-state index is 0.00429. The fraction of sp³-hybridized carbons (Fsp3) is 0.600. The lowest BCUT2D eigenvalue weighted by Crippen LogP contribution is -2.52. The highest BCUT2D eigenvalue weighted by Gasteiger charge is 2.31. The average Bonchev–Trinajstić information content (AvgIpc) is 2.68. The van der Waals surface area contributed by atoms with Crippen LogP contribution in [-0.2, 0) is 11.3 Å². The zero-order valence-corrected chi connectivity index (χ0v) is 14.4. The van der Waals surface area contributed by atoms with Crippen molar-refractivity contribution in [3.8, 4) is 0 Å². The molecule has 1 fully saturated rings. The van der Waals surface area contributed by atoms with E-state index in [0.717, 1.165) is 35.8 Å². The first-order valence-corrected chi connectivity index (χ1v) is 8.33. The van der Waals surface area contributed by atoms with Crippen LogP contribution >= 0.6 is 22.9 Å². The second kappa shape index (κ2) is 5.47. The molecule has 0 saturated carbocycles. The molecule has 0 spiro atoms. The molecule has 1 aliphatic rings. The maximum atomic E-state index is 6.38. The van der Waals surface area contributed by atoms with Crippen LogP contribution in [0.3, 0.4) is 0 Å². The van der Waals surface area contributed by atoms with Gasteiger partial charge in [-0.25, -0.2) is 9.97 Å². The van der Waals surface area contributed by atoms with E-state index in [1.807, 2.05) is 0 Å². The molecule has 3 rings (SSSR count). The van der Waals surface area contributed by atoms with E-state index in [4.69, 9.17) is 21.3 Å². The summed E-state index contributed by atoms with van der Waals surface area (Å²) in [6.45, 7) is 11.7. The van der Waals surface area contributed by atoms with E-state index in [-0.39, 0.29) is 5.54 Å². The molecule has 0 radical (unpaired) electrons. The molecule has 0 N–H and O–H groups in total. The topological polar surface area (TPSA) is 38.2 Å². The fourth-order valence-electron chi connectivity index (χ4n) is 2.67. The van der Waals surface area contributed by atoms with Crippen molar-refractivity contribution in [3.05, 3.63) is 21.4 Å². The third-order valence-electron chi connectivity index (χ3n) is 4.18. The van der Waals surface area contributed by atoms with E-state index in [1.54, 1.807) is 11.3 Å². The summed E-state index contributed by atoms with van der Waals surface area (Å²) in [6.07, 6.45) is 0. The quantitative estimate of drug-likeness (QED) is 0.791. The van der Waals surface area contributed by atoms with Crippen molar-refractivity contribution >= 4 is 33.2 Å². The van der Waals surface area contributed by atoms with Crippen LogP contribution in [0.1, 0.15) is 30.1 Å². The lowest BCUT2D eigenvalue weighted by Gasteiger charge is -2.41. The number of fused-ring (bicyclic) bond motifs is 1. The molecule has 0 unspecified atom stereocenters. The first-order chi connectivity index (χ1) is 9.88. The summed E-state index contributed by atoms with van der Waals surface area (Å²) in [5.41, 5.74) is 1.20. The van der Waals surface area contributed by atoms with Crippen molar-refractivity contribution in [2.24, 2.45) is 0 Å². The zero-order valence-electron chi connectivity index (χ0n) is 12.9. The summed E-state index contributed by atoms with van der Waals surface area (Å²) in [4.78, 5) is 13.8. The van der Waals surface area contributed by atoms with E-state index in [0.29, 0.717) is 11.7 Å². The third-order valence-corrected chi connectivity index (χ3v) is 5.55. The van der Waals surface area contributed by atoms with Gasteiger partial charge in [0.2, 0.25) is 0 Å². The maximum Gasteiger partial charge on any atom is 0.145 e. The van der Waals surface area contributed by atoms with Gasteiger partial charge in [0.25, 0.3) is 0 Å². The first kappa shape index (κ1) is 15.2. The predicted octanol–water partition coefficient (Wildman–Crippen LogP) is 3.57. The van der Waals surface area contributed by atoms with E-state index >= 15 is 0 Å². The monoisotopic (exact) mass is 325 g/mol. The van der Waals surface area contributed by atoms with Crippen molar-refractivity contribution in [2.75, 3.05) is 19.8 Å². The van der Waals surface area contributed by atoms with Crippen LogP contribution in [-0.4, -0.2) is 40.2 Å². The molecule has 2 aromatic rings. The van der Waals surface area contributed by atoms with E-state index < -0.39 is 0 Å². The molecular weight excluding hydrogens is 306 g/mol. The average molecular weight is 326 g/mol. The number of aromatic nitrogens is 2. The van der Waals surface area contributed by atoms with Gasteiger partial charge < -0.3 is 4.74 Å². The number of morpholine rings is 1. The Labute approximate surface area is 134 Å². The number of aryl methyl sites for hydroxylation is 2. The van der Waals surface area contributed by atoms with Gasteiger partial charge in [-0.3, -0.25) is 4.90 Å². The summed E-state index contributed by atoms with van der Waals surface area (Å²) in [7, 11) is 0. The van der Waals surface area contributed by atoms with Crippen LogP contribution in [0.4, 0.5) is 0 Å². The molecule has 0 aliphatic carbocycles. The molecule has 114 valence electrons. The van der Waals surface area contributed by atoms with Crippen LogP contribution in [0.5, 0.6) is 0 Å². The molecule has 0 bridgehead atoms. The van der Waals surface area contributed by atoms with Crippen LogP contribution in [0.2, 0.25) is 5.15 Å². The fourth-order valence-corrected chi connectivity index (χ4v) is 4.10. The van der Waals surface area contributed by atoms with Gasteiger partial charge in [-0.1, -0.05) is 11.6 Å². The Bertz CT molecular complexity index is 683. The van der Waals surface area contributed by atoms with Crippen LogP contribution in [0, 0.1) is 13.8 Å². The van der Waals surface area contributed by atoms with Gasteiger partial charge in [-0.05, 0) is 33.3 Å². The maximum absolute atomic E-state index is 6.38. The Morgan fingerprint density at radius 1 is 1.33 bits per heavy atom. The summed E-state index contributed by atoms with van der Waals surface area (Å²) >= 11 is 8.07. The van der Waals surface area contributed by atoms with Gasteiger partial charge >= 0.3 is 0 Å². The molecule has 0 atom stereocenters. The lowest BCUT2D eigenvalue weighted by molar-refractivity contribution is -0.0562. The number of nitrogens with zero attached hydrogens (tertiary/aromatic N) is 3. The van der Waals surface area contributed by atoms with E-state index in [1.165, 1.54) is 10.4 Å². The molecule has 1 saturated heterocycles. The Balaban J connectivity index is 1.94. The zero-order chi connectivity index (χ0) is 15.2. The minimum atomic E-state index is 0.00429. The van der Waals surface area contributed by atoms with Gasteiger partial charge in [0.15, 0.2) is 0 Å². The number of hydrogen-bond donors (Lipinski definition) is 0. The number of hydrogen-bond acceptors (Lipinski definition) is 5. The highest BCUT2D eigenvalue weighted by atomic mass is 35.5. The van der Waals surface area contributed by atoms with Crippen LogP contribution < -0.4 is 0 Å². The summed E-state index contributed by atoms with van der Waals surface area (Å²) in [5, 5.41) is 1.58. The van der Waals surface area contributed by atoms with E-state index in [2.05, 4.69) is 37.6 Å². The third kappa shape index (κ3) is 2.80. The number of rotatable bonds is 2. The smallest absolute Gasteiger partial charge is 0.145 e. The summed E-state index contributed by atoms with van der Waals surface area (Å²) < 4.78 is 5.56. The molecule has 3 heterocycles. The van der Waals surface area contributed by atoms with Crippen molar-refractivity contribution in [1.29, 1.82) is 0 Å². The largest absolute Gasteiger partial charge is 0.378 e. The second-order valence-electron chi connectivity index (χ2n) is 6.18. The molecule has 0 aromatic carbocycles. The number of halogens is 1. The molecule has 21 heavy (non-hydrogen) atoms. The predicted molar refractivity (Wildman–Crippen MR) is 87.2 cm³/mol. The Morgan fingerprint density at radius 2 is 2.10 bits per heavy atom. The van der Waals surface area contributed by atoms with Crippen LogP contribution in [0.15, 0.2) is 0 Å². The molecule has 2 aromatic heterocycles. The van der Waals surface area contributed by atoms with Crippen LogP contribution in [0.25, 0.3) is 10.2 Å². The molecule has 6 heteroatoms. The normalized spacial score (nSPS) is 19.3. The Kier molecular flexibility index (Phi) is 3.94. The van der Waals surface area contributed by atoms with E-state index in [9.17, 15) is 0 Å². The van der Waals surface area contributed by atoms with Crippen molar-refractivity contribution in [2.45, 2.75) is 39.8 Å². The highest BCUT2D eigenvalue weighted by Crippen LogP contribution is 2.33. The van der Waals surface area contributed by atoms with Gasteiger partial charge in [0.05, 0.1) is 25.1 Å². The van der Waals surface area contributed by atoms with Gasteiger partial charge in [-0.15, -0.1) is 11.3 Å². The summed E-state index contributed by atoms with van der Waals surface area (Å²) in [6, 6.07) is 0.